The number of benzene rings is 1. The van der Waals surface area contributed by atoms with Gasteiger partial charge < -0.3 is 0 Å². The molecule has 0 aliphatic heterocycles. The van der Waals surface area contributed by atoms with Crippen LogP contribution in [0, 0.1) is 43.6 Å². The van der Waals surface area contributed by atoms with Crippen molar-refractivity contribution < 1.29 is 40.9 Å². The van der Waals surface area contributed by atoms with E-state index in [0.29, 0.717) is 23.0 Å². The van der Waals surface area contributed by atoms with Crippen molar-refractivity contribution in [3.8, 4) is 0 Å². The van der Waals surface area contributed by atoms with Crippen LogP contribution in [0.1, 0.15) is 59.2 Å². The van der Waals surface area contributed by atoms with Gasteiger partial charge in [-0.3, -0.25) is 9.59 Å². The van der Waals surface area contributed by atoms with Crippen LogP contribution in [0.3, 0.4) is 0 Å². The maximum absolute atomic E-state index is 12.9. The fourth-order valence-electron chi connectivity index (χ4n) is 4.97. The molecular formula is C21H20CrO5+6. The van der Waals surface area contributed by atoms with Crippen LogP contribution in [0.5, 0.6) is 0 Å². The molecule has 0 bridgehead atoms. The standard InChI is InChI=1S/C18H20O2.3CO.Cr/c19-17-13-9-3-7-11(13)12-8-4-10-14(12)18(20)16-6-2-1-5-15(16)17;3*1-2;/h1-2,5-6,11-14H,3-4,7-10H2;;;;/q;;;;+6. The predicted octanol–water partition coefficient (Wildman–Crippen LogP) is 3.78. The molecule has 0 aromatic heterocycles. The van der Waals surface area contributed by atoms with Crippen LogP contribution >= 0.6 is 0 Å². The second kappa shape index (κ2) is 12.7. The van der Waals surface area contributed by atoms with Crippen molar-refractivity contribution in [2.75, 3.05) is 0 Å². The molecule has 134 valence electrons. The maximum atomic E-state index is 12.9. The normalized spacial score (nSPS) is 26.9. The Balaban J connectivity index is 0.000000885. The minimum Gasteiger partial charge on any atom is 6.00 e. The van der Waals surface area contributed by atoms with Crippen molar-refractivity contribution in [2.45, 2.75) is 38.5 Å². The Labute approximate surface area is 170 Å². The molecule has 4 atom stereocenters. The van der Waals surface area contributed by atoms with Gasteiger partial charge in [-0.05, 0) is 37.5 Å². The van der Waals surface area contributed by atoms with Gasteiger partial charge in [0.2, 0.25) is 0 Å². The van der Waals surface area contributed by atoms with Gasteiger partial charge in [0, 0.05) is 23.0 Å². The summed E-state index contributed by atoms with van der Waals surface area (Å²) >= 11 is 0. The van der Waals surface area contributed by atoms with Gasteiger partial charge in [0.15, 0.2) is 11.6 Å². The summed E-state index contributed by atoms with van der Waals surface area (Å²) in [6, 6.07) is 7.50. The van der Waals surface area contributed by atoms with E-state index in [4.69, 9.17) is 14.0 Å². The molecule has 3 aliphatic carbocycles. The molecule has 6 heteroatoms. The molecular weight excluding hydrogens is 384 g/mol. The minimum absolute atomic E-state index is 0. The van der Waals surface area contributed by atoms with Crippen LogP contribution in [-0.4, -0.2) is 11.6 Å². The first-order valence-electron chi connectivity index (χ1n) is 8.56. The average Bonchev–Trinajstić information content (AvgIpc) is 3.40. The Morgan fingerprint density at radius 2 is 1.00 bits per heavy atom. The van der Waals surface area contributed by atoms with Crippen molar-refractivity contribution in [1.29, 1.82) is 0 Å². The molecule has 0 amide bonds. The third-order valence-electron chi connectivity index (χ3n) is 5.82. The van der Waals surface area contributed by atoms with Gasteiger partial charge in [-0.2, -0.15) is 0 Å². The third kappa shape index (κ3) is 4.98. The first-order chi connectivity index (χ1) is 12.8. The van der Waals surface area contributed by atoms with Crippen molar-refractivity contribution >= 4 is 11.6 Å². The molecule has 3 aliphatic rings. The molecule has 0 spiro atoms. The Morgan fingerprint density at radius 3 is 1.33 bits per heavy atom. The van der Waals surface area contributed by atoms with E-state index in [1.165, 1.54) is 0 Å². The molecule has 4 unspecified atom stereocenters. The predicted molar refractivity (Wildman–Crippen MR) is 88.6 cm³/mol. The quantitative estimate of drug-likeness (QED) is 0.486. The Hall–Kier alpha value is -1.69. The van der Waals surface area contributed by atoms with E-state index in [9.17, 15) is 9.59 Å². The fourth-order valence-corrected chi connectivity index (χ4v) is 4.97. The molecule has 2 fully saturated rings. The van der Waals surface area contributed by atoms with E-state index in [-0.39, 0.29) is 40.8 Å². The van der Waals surface area contributed by atoms with Crippen LogP contribution in [0.25, 0.3) is 0 Å². The average molecular weight is 404 g/mol. The second-order valence-corrected chi connectivity index (χ2v) is 6.68. The van der Waals surface area contributed by atoms with Crippen molar-refractivity contribution in [3.63, 3.8) is 0 Å². The van der Waals surface area contributed by atoms with Crippen LogP contribution in [0.2, 0.25) is 0 Å². The number of fused-ring (bicyclic) bond motifs is 4. The summed E-state index contributed by atoms with van der Waals surface area (Å²) in [7, 11) is 0. The molecule has 1 aromatic carbocycles. The summed E-state index contributed by atoms with van der Waals surface area (Å²) in [5.41, 5.74) is 1.39. The molecule has 2 saturated carbocycles. The van der Waals surface area contributed by atoms with Crippen molar-refractivity contribution in [3.05, 3.63) is 55.3 Å². The monoisotopic (exact) mass is 404 g/mol. The van der Waals surface area contributed by atoms with Gasteiger partial charge in [-0.25, -0.2) is 0 Å². The molecule has 0 heterocycles. The summed E-state index contributed by atoms with van der Waals surface area (Å²) < 4.78 is 22.5. The number of hydrogen-bond donors (Lipinski definition) is 0. The molecule has 5 nitrogen and oxygen atoms in total. The third-order valence-corrected chi connectivity index (χ3v) is 5.82. The SMILES string of the molecule is O=C1c2ccccc2C(=O)C2CCCC2C2CCCC12.[C-]#[O+].[C-]#[O+].[C-]#[O+].[Cr+6]. The topological polar surface area (TPSA) is 93.8 Å². The molecule has 0 N–H and O–H groups in total. The van der Waals surface area contributed by atoms with Gasteiger partial charge in [-0.1, -0.05) is 37.1 Å². The smallest absolute Gasteiger partial charge is 6.00 e. The molecule has 1 aromatic rings. The summed E-state index contributed by atoms with van der Waals surface area (Å²) in [5, 5.41) is 0. The Bertz CT molecular complexity index is 641. The van der Waals surface area contributed by atoms with E-state index < -0.39 is 0 Å². The number of ketones is 2. The number of Topliss-reactive ketones (excluding diaryl/α,β-unsaturated/α-hetero) is 2. The van der Waals surface area contributed by atoms with Crippen LogP contribution < -0.4 is 0 Å². The van der Waals surface area contributed by atoms with Crippen molar-refractivity contribution in [2.24, 2.45) is 23.7 Å². The number of rotatable bonds is 0. The van der Waals surface area contributed by atoms with E-state index in [2.05, 4.69) is 20.0 Å². The zero-order valence-corrected chi connectivity index (χ0v) is 16.1. The maximum Gasteiger partial charge on any atom is 6.00 e. The minimum atomic E-state index is 0. The summed E-state index contributed by atoms with van der Waals surface area (Å²) in [6.07, 6.45) is 6.64. The van der Waals surface area contributed by atoms with Crippen LogP contribution in [0.15, 0.2) is 24.3 Å². The van der Waals surface area contributed by atoms with Crippen LogP contribution in [-0.2, 0) is 31.3 Å². The van der Waals surface area contributed by atoms with Gasteiger partial charge in [0.1, 0.15) is 0 Å². The summed E-state index contributed by atoms with van der Waals surface area (Å²) in [5.74, 6) is 1.76. The van der Waals surface area contributed by atoms with E-state index in [1.54, 1.807) is 0 Å². The van der Waals surface area contributed by atoms with Crippen molar-refractivity contribution in [1.82, 2.24) is 0 Å². The zero-order chi connectivity index (χ0) is 19.7. The van der Waals surface area contributed by atoms with Gasteiger partial charge in [-0.15, -0.1) is 0 Å². The van der Waals surface area contributed by atoms with Gasteiger partial charge in [0.05, 0.1) is 0 Å². The first-order valence-corrected chi connectivity index (χ1v) is 8.56. The fraction of sp³-hybridized carbons (Fsp3) is 0.476. The van der Waals surface area contributed by atoms with E-state index in [0.717, 1.165) is 38.5 Å². The number of carbonyl (C=O) groups excluding carboxylic acids is 2. The summed E-state index contributed by atoms with van der Waals surface area (Å²) in [6.45, 7) is 13.5. The molecule has 0 radical (unpaired) electrons. The van der Waals surface area contributed by atoms with Crippen LogP contribution in [0.4, 0.5) is 0 Å². The summed E-state index contributed by atoms with van der Waals surface area (Å²) in [4.78, 5) is 25.7. The Kier molecular flexibility index (Phi) is 11.9. The number of carbonyl (C=O) groups is 2. The van der Waals surface area contributed by atoms with Gasteiger partial charge in [0.25, 0.3) is 0 Å². The van der Waals surface area contributed by atoms with Gasteiger partial charge >= 0.3 is 51.3 Å². The second-order valence-electron chi connectivity index (χ2n) is 6.68. The Morgan fingerprint density at radius 1 is 0.667 bits per heavy atom. The van der Waals surface area contributed by atoms with E-state index >= 15 is 0 Å². The zero-order valence-electron chi connectivity index (χ0n) is 14.8. The molecule has 0 saturated heterocycles. The molecule has 4 rings (SSSR count). The molecule has 27 heavy (non-hydrogen) atoms. The van der Waals surface area contributed by atoms with E-state index in [1.807, 2.05) is 24.3 Å². The number of hydrogen-bond acceptors (Lipinski definition) is 2. The first kappa shape index (κ1) is 25.3. The largest absolute Gasteiger partial charge is 6.00 e.